The first-order chi connectivity index (χ1) is 9.15. The summed E-state index contributed by atoms with van der Waals surface area (Å²) in [4.78, 5) is 0. The van der Waals surface area contributed by atoms with Gasteiger partial charge in [0.05, 0.1) is 5.60 Å². The van der Waals surface area contributed by atoms with Gasteiger partial charge in [0.25, 0.3) is 0 Å². The molecule has 0 radical (unpaired) electrons. The summed E-state index contributed by atoms with van der Waals surface area (Å²) in [6.07, 6.45) is 3.33. The van der Waals surface area contributed by atoms with E-state index in [4.69, 9.17) is 0 Å². The third-order valence-corrected chi connectivity index (χ3v) is 5.99. The van der Waals surface area contributed by atoms with Gasteiger partial charge in [0.15, 0.2) is 0 Å². The van der Waals surface area contributed by atoms with Crippen LogP contribution in [0.4, 0.5) is 0 Å². The van der Waals surface area contributed by atoms with E-state index in [9.17, 15) is 5.11 Å². The van der Waals surface area contributed by atoms with Crippen LogP contribution in [0.1, 0.15) is 30.7 Å². The molecule has 19 heavy (non-hydrogen) atoms. The normalized spacial score (nSPS) is 34.2. The number of rotatable bonds is 4. The first-order valence-corrected chi connectivity index (χ1v) is 8.88. The highest BCUT2D eigenvalue weighted by Crippen LogP contribution is 2.38. The minimum absolute atomic E-state index is 0.453. The molecule has 2 N–H and O–H groups in total. The molecule has 0 spiro atoms. The van der Waals surface area contributed by atoms with Crippen molar-refractivity contribution in [2.24, 2.45) is 0 Å². The molecule has 1 aliphatic carbocycles. The van der Waals surface area contributed by atoms with Crippen molar-refractivity contribution in [1.29, 1.82) is 0 Å². The second-order valence-corrected chi connectivity index (χ2v) is 7.85. The maximum atomic E-state index is 10.3. The van der Waals surface area contributed by atoms with Crippen molar-refractivity contribution in [2.75, 3.05) is 18.1 Å². The van der Waals surface area contributed by atoms with Gasteiger partial charge in [-0.1, -0.05) is 28.1 Å². The summed E-state index contributed by atoms with van der Waals surface area (Å²) in [5, 5.41) is 13.8. The number of benzene rings is 1. The van der Waals surface area contributed by atoms with E-state index in [1.807, 2.05) is 11.8 Å². The molecule has 2 nitrogen and oxygen atoms in total. The minimum atomic E-state index is -0.453. The summed E-state index contributed by atoms with van der Waals surface area (Å²) in [7, 11) is 0. The summed E-state index contributed by atoms with van der Waals surface area (Å²) >= 11 is 5.39. The number of hydrogen-bond donors (Lipinski definition) is 2. The predicted octanol–water partition coefficient (Wildman–Crippen LogP) is 3.15. The van der Waals surface area contributed by atoms with E-state index >= 15 is 0 Å². The van der Waals surface area contributed by atoms with Crippen molar-refractivity contribution in [3.8, 4) is 0 Å². The number of halogens is 1. The van der Waals surface area contributed by atoms with Crippen molar-refractivity contribution in [3.63, 3.8) is 0 Å². The van der Waals surface area contributed by atoms with Crippen LogP contribution in [0.3, 0.4) is 0 Å². The zero-order chi connectivity index (χ0) is 13.3. The largest absolute Gasteiger partial charge is 0.388 e. The summed E-state index contributed by atoms with van der Waals surface area (Å²) in [6.45, 7) is 0.760. The van der Waals surface area contributed by atoms with Crippen molar-refractivity contribution < 1.29 is 5.11 Å². The molecule has 0 amide bonds. The zero-order valence-corrected chi connectivity index (χ0v) is 13.3. The van der Waals surface area contributed by atoms with Crippen LogP contribution in [0, 0.1) is 0 Å². The van der Waals surface area contributed by atoms with E-state index in [1.165, 1.54) is 22.9 Å². The molecule has 1 aromatic rings. The molecule has 4 heteroatoms. The van der Waals surface area contributed by atoms with Gasteiger partial charge in [-0.25, -0.2) is 0 Å². The van der Waals surface area contributed by atoms with Crippen molar-refractivity contribution in [3.05, 3.63) is 34.3 Å². The van der Waals surface area contributed by atoms with Gasteiger partial charge in [0.2, 0.25) is 0 Å². The smallest absolute Gasteiger partial charge is 0.0869 e. The molecule has 104 valence electrons. The van der Waals surface area contributed by atoms with Crippen LogP contribution in [0.25, 0.3) is 0 Å². The topological polar surface area (TPSA) is 32.3 Å². The Morgan fingerprint density at radius 1 is 1.42 bits per heavy atom. The van der Waals surface area contributed by atoms with Gasteiger partial charge in [0.1, 0.15) is 0 Å². The average molecular weight is 342 g/mol. The third kappa shape index (κ3) is 3.35. The summed E-state index contributed by atoms with van der Waals surface area (Å²) in [5.74, 6) is 2.67. The molecular weight excluding hydrogens is 322 g/mol. The van der Waals surface area contributed by atoms with Crippen LogP contribution in [0.2, 0.25) is 0 Å². The number of nitrogens with one attached hydrogen (secondary N) is 1. The van der Waals surface area contributed by atoms with Crippen LogP contribution in [0.5, 0.6) is 0 Å². The lowest BCUT2D eigenvalue weighted by Crippen LogP contribution is -2.48. The highest BCUT2D eigenvalue weighted by atomic mass is 79.9. The number of hydrogen-bond acceptors (Lipinski definition) is 3. The summed E-state index contributed by atoms with van der Waals surface area (Å²) in [6, 6.07) is 9.21. The van der Waals surface area contributed by atoms with E-state index in [2.05, 4.69) is 45.5 Å². The molecule has 1 unspecified atom stereocenters. The first kappa shape index (κ1) is 13.9. The van der Waals surface area contributed by atoms with Gasteiger partial charge in [-0.05, 0) is 48.6 Å². The van der Waals surface area contributed by atoms with E-state index in [-0.39, 0.29) is 0 Å². The van der Waals surface area contributed by atoms with Crippen LogP contribution in [-0.4, -0.2) is 34.8 Å². The van der Waals surface area contributed by atoms with Crippen molar-refractivity contribution in [2.45, 2.75) is 36.8 Å². The van der Waals surface area contributed by atoms with Crippen LogP contribution < -0.4 is 5.32 Å². The molecule has 0 aromatic heterocycles. The van der Waals surface area contributed by atoms with E-state index in [0.29, 0.717) is 12.0 Å². The Labute approximate surface area is 127 Å². The summed E-state index contributed by atoms with van der Waals surface area (Å²) in [5.41, 5.74) is 0.980. The fraction of sp³-hybridized carbons (Fsp3) is 0.600. The Morgan fingerprint density at radius 3 is 2.95 bits per heavy atom. The lowest BCUT2D eigenvalue weighted by Gasteiger charge is -2.38. The third-order valence-electron chi connectivity index (χ3n) is 4.26. The standard InChI is InChI=1S/C15H20BrNOS/c16-13-3-1-2-11(6-13)12-7-14(8-12)17-9-15(18)4-5-19-10-15/h1-3,6,12,14,17-18H,4-5,7-10H2. The number of aliphatic hydroxyl groups is 1. The van der Waals surface area contributed by atoms with Crippen LogP contribution in [-0.2, 0) is 0 Å². The second kappa shape index (κ2) is 5.76. The average Bonchev–Trinajstić information content (AvgIpc) is 2.74. The molecular formula is C15H20BrNOS. The fourth-order valence-electron chi connectivity index (χ4n) is 2.89. The molecule has 1 heterocycles. The van der Waals surface area contributed by atoms with Gasteiger partial charge >= 0.3 is 0 Å². The Balaban J connectivity index is 1.45. The van der Waals surface area contributed by atoms with Crippen LogP contribution in [0.15, 0.2) is 28.7 Å². The summed E-state index contributed by atoms with van der Waals surface area (Å²) < 4.78 is 1.17. The Kier molecular flexibility index (Phi) is 4.22. The van der Waals surface area contributed by atoms with E-state index < -0.39 is 5.60 Å². The molecule has 3 rings (SSSR count). The van der Waals surface area contributed by atoms with E-state index in [0.717, 1.165) is 24.5 Å². The lowest BCUT2D eigenvalue weighted by atomic mass is 9.75. The van der Waals surface area contributed by atoms with Crippen molar-refractivity contribution >= 4 is 27.7 Å². The quantitative estimate of drug-likeness (QED) is 0.882. The molecule has 2 aliphatic rings. The Hall–Kier alpha value is -0.0300. The highest BCUT2D eigenvalue weighted by Gasteiger charge is 2.35. The molecule has 1 aliphatic heterocycles. The highest BCUT2D eigenvalue weighted by molar-refractivity contribution is 9.10. The first-order valence-electron chi connectivity index (χ1n) is 6.94. The SMILES string of the molecule is OC1(CNC2CC(c3cccc(Br)c3)C2)CCSC1. The second-order valence-electron chi connectivity index (χ2n) is 5.83. The fourth-order valence-corrected chi connectivity index (χ4v) is 4.60. The molecule has 1 saturated heterocycles. The maximum Gasteiger partial charge on any atom is 0.0869 e. The zero-order valence-electron chi connectivity index (χ0n) is 10.9. The van der Waals surface area contributed by atoms with Gasteiger partial charge in [0, 0.05) is 22.8 Å². The van der Waals surface area contributed by atoms with Gasteiger partial charge in [-0.3, -0.25) is 0 Å². The Bertz CT molecular complexity index is 442. The maximum absolute atomic E-state index is 10.3. The molecule has 2 fully saturated rings. The molecule has 1 saturated carbocycles. The number of thioether (sulfide) groups is 1. The van der Waals surface area contributed by atoms with Crippen molar-refractivity contribution in [1.82, 2.24) is 5.32 Å². The van der Waals surface area contributed by atoms with Gasteiger partial charge in [-0.2, -0.15) is 11.8 Å². The predicted molar refractivity (Wildman–Crippen MR) is 84.8 cm³/mol. The Morgan fingerprint density at radius 2 is 2.26 bits per heavy atom. The molecule has 0 bridgehead atoms. The minimum Gasteiger partial charge on any atom is -0.388 e. The van der Waals surface area contributed by atoms with Gasteiger partial charge < -0.3 is 10.4 Å². The van der Waals surface area contributed by atoms with Crippen LogP contribution >= 0.6 is 27.7 Å². The van der Waals surface area contributed by atoms with E-state index in [1.54, 1.807) is 0 Å². The molecule has 1 atom stereocenters. The lowest BCUT2D eigenvalue weighted by molar-refractivity contribution is 0.0595. The molecule has 1 aromatic carbocycles. The monoisotopic (exact) mass is 341 g/mol. The van der Waals surface area contributed by atoms with Gasteiger partial charge in [-0.15, -0.1) is 0 Å².